The molecule has 3 N–H and O–H groups in total. The number of benzene rings is 13. The number of aromatic hydroxyl groups is 3. The highest BCUT2D eigenvalue weighted by Crippen LogP contribution is 2.49. The molecule has 0 amide bonds. The molecule has 13 aromatic carbocycles. The second-order valence-electron chi connectivity index (χ2n) is 47.8. The maximum absolute atomic E-state index is 13.9. The lowest BCUT2D eigenvalue weighted by Gasteiger charge is -2.28. The summed E-state index contributed by atoms with van der Waals surface area (Å²) in [6.45, 7) is 66.7. The first-order valence-corrected chi connectivity index (χ1v) is 49.4. The van der Waals surface area contributed by atoms with Crippen LogP contribution in [0.1, 0.15) is 355 Å². The predicted octanol–water partition coefficient (Wildman–Crippen LogP) is 31.7. The van der Waals surface area contributed by atoms with E-state index >= 15 is 0 Å². The average molecular weight is 1820 g/mol. The van der Waals surface area contributed by atoms with Crippen molar-refractivity contribution in [1.29, 1.82) is 0 Å². The monoisotopic (exact) mass is 1820 g/mol. The molecule has 0 aromatic heterocycles. The summed E-state index contributed by atoms with van der Waals surface area (Å²) in [5, 5.41) is 41.7. The van der Waals surface area contributed by atoms with Crippen molar-refractivity contribution in [1.82, 2.24) is 0 Å². The number of hydrogen-bond donors (Lipinski definition) is 3. The zero-order valence-corrected chi connectivity index (χ0v) is 87.4. The normalized spacial score (nSPS) is 13.3. The standard InChI is InChI=1S/C128H152O8/c1-79-30-40-84(41-31-79)74-132-116-95-50-89-58-105(121(6,7)8)59-90(113(89)129)51-96-65-109(125(18,19)20)67-98(117(96)133-75-85-42-32-80(2)33-43-85)53-92-61-107(123(12,13)14)63-94(115(92)131)55-100-69-111(127(24,25)26)71-102(119(100)135-77-87-46-36-82(4)37-47-87)57-104-73-112(128(27,28)29)72-103(120(104)136-78-88-48-38-83(5)39-49-88)56-101-70-110(126(21,22)23)68-99(118(101)134-76-86-44-34-81(3)35-45-86)54-93-62-106(122(9,10)11)60-91(114(93)130)52-97(116)66-108(64-95)124(15,16)17/h30-49,58-73,129-131H,50-57,74-78H2,1-29H3. The summed E-state index contributed by atoms with van der Waals surface area (Å²) in [6, 6.07) is 80.0. The maximum Gasteiger partial charge on any atom is 0.126 e. The van der Waals surface area contributed by atoms with Crippen LogP contribution in [0.15, 0.2) is 218 Å². The lowest BCUT2D eigenvalue weighted by atomic mass is 9.79. The van der Waals surface area contributed by atoms with Crippen molar-refractivity contribution in [3.05, 3.63) is 408 Å². The second kappa shape index (κ2) is 39.4. The first-order valence-electron chi connectivity index (χ1n) is 49.4. The van der Waals surface area contributed by atoms with Crippen LogP contribution in [0.5, 0.6) is 46.0 Å². The first kappa shape index (κ1) is 100. The molecule has 0 spiro atoms. The van der Waals surface area contributed by atoms with Crippen LogP contribution in [0.4, 0.5) is 0 Å². The van der Waals surface area contributed by atoms with Gasteiger partial charge in [-0.05, 0) is 239 Å². The molecule has 16 bridgehead atoms. The molecular formula is C128H152O8. The van der Waals surface area contributed by atoms with Gasteiger partial charge in [-0.1, -0.05) is 412 Å². The van der Waals surface area contributed by atoms with Crippen molar-refractivity contribution in [2.24, 2.45) is 0 Å². The van der Waals surface area contributed by atoms with E-state index < -0.39 is 0 Å². The molecule has 0 atom stereocenters. The minimum absolute atomic E-state index is 0.204. The fourth-order valence-electron chi connectivity index (χ4n) is 18.4. The number of aryl methyl sites for hydroxylation is 5. The van der Waals surface area contributed by atoms with Crippen LogP contribution in [0.3, 0.4) is 0 Å². The molecular weight excluding hydrogens is 1670 g/mol. The van der Waals surface area contributed by atoms with Crippen LogP contribution in [-0.2, 0) is 128 Å². The highest BCUT2D eigenvalue weighted by molar-refractivity contribution is 5.64. The quantitative estimate of drug-likeness (QED) is 0.0932. The van der Waals surface area contributed by atoms with Gasteiger partial charge in [0, 0.05) is 51.4 Å². The SMILES string of the molecule is Cc1ccc(COc2c3cc(C(C)(C)C)cc2Cc2cc(C(C)(C)C)cc(c2O)Cc2cc(C(C)(C)C)cc(c2OCc2ccc(C)cc2)Cc2cc(C(C)(C)C)cc(c2OCc2ccc(C)cc2)Cc2cc(C(C)(C)C)cc(c2OCc2ccc(C)cc2)Cc2cc(C(C)(C)C)cc(c2O)Cc2cc(C(C)(C)C)cc(c2OCc2ccc(C)cc2)Cc2cc(C(C)(C)C)cc(c2O)C3)cc1. The Bertz CT molecular complexity index is 6140. The zero-order chi connectivity index (χ0) is 98.4. The summed E-state index contributed by atoms with van der Waals surface area (Å²) in [5.41, 5.74) is 31.3. The Hall–Kier alpha value is -11.7. The summed E-state index contributed by atoms with van der Waals surface area (Å²) in [6.07, 6.45) is 2.81. The third-order valence-corrected chi connectivity index (χ3v) is 27.5. The molecule has 0 saturated heterocycles. The molecule has 1 aliphatic rings. The van der Waals surface area contributed by atoms with E-state index in [-0.39, 0.29) is 73.8 Å². The van der Waals surface area contributed by atoms with Crippen LogP contribution in [0.25, 0.3) is 0 Å². The molecule has 8 heteroatoms. The predicted molar refractivity (Wildman–Crippen MR) is 566 cm³/mol. The molecule has 0 aliphatic heterocycles. The largest absolute Gasteiger partial charge is 0.507 e. The third kappa shape index (κ3) is 24.4. The van der Waals surface area contributed by atoms with Gasteiger partial charge < -0.3 is 39.0 Å². The second-order valence-corrected chi connectivity index (χ2v) is 47.8. The summed E-state index contributed by atoms with van der Waals surface area (Å²) >= 11 is 0. The number of fused-ring (bicyclic) bond motifs is 16. The van der Waals surface area contributed by atoms with Gasteiger partial charge in [0.15, 0.2) is 0 Å². The van der Waals surface area contributed by atoms with E-state index in [4.69, 9.17) is 23.7 Å². The Labute approximate surface area is 815 Å². The Morgan fingerprint density at radius 1 is 0.169 bits per heavy atom. The van der Waals surface area contributed by atoms with Gasteiger partial charge >= 0.3 is 0 Å². The van der Waals surface area contributed by atoms with Crippen molar-refractivity contribution >= 4 is 0 Å². The third-order valence-electron chi connectivity index (χ3n) is 27.5. The number of ether oxygens (including phenoxy) is 5. The van der Waals surface area contributed by atoms with Crippen molar-refractivity contribution < 1.29 is 39.0 Å². The lowest BCUT2D eigenvalue weighted by Crippen LogP contribution is -2.17. The van der Waals surface area contributed by atoms with Crippen LogP contribution < -0.4 is 23.7 Å². The summed E-state index contributed by atoms with van der Waals surface area (Å²) in [7, 11) is 0. The van der Waals surface area contributed by atoms with E-state index in [0.717, 1.165) is 190 Å². The zero-order valence-electron chi connectivity index (χ0n) is 87.4. The smallest absolute Gasteiger partial charge is 0.126 e. The van der Waals surface area contributed by atoms with Crippen LogP contribution in [0.2, 0.25) is 0 Å². The fourth-order valence-corrected chi connectivity index (χ4v) is 18.4. The van der Waals surface area contributed by atoms with E-state index in [2.05, 4.69) is 419 Å². The summed E-state index contributed by atoms with van der Waals surface area (Å²) in [4.78, 5) is 0. The Balaban J connectivity index is 1.10. The van der Waals surface area contributed by atoms with Crippen molar-refractivity contribution in [2.75, 3.05) is 0 Å². The molecule has 14 rings (SSSR count). The van der Waals surface area contributed by atoms with Crippen molar-refractivity contribution in [2.45, 2.75) is 329 Å². The maximum atomic E-state index is 13.9. The number of phenolic OH excluding ortho intramolecular Hbond substituents is 3. The first-order chi connectivity index (χ1) is 63.6. The van der Waals surface area contributed by atoms with Gasteiger partial charge in [-0.15, -0.1) is 0 Å². The number of hydrogen-bond acceptors (Lipinski definition) is 8. The van der Waals surface area contributed by atoms with Gasteiger partial charge in [-0.2, -0.15) is 0 Å². The van der Waals surface area contributed by atoms with E-state index in [1.54, 1.807) is 0 Å². The molecule has 8 nitrogen and oxygen atoms in total. The summed E-state index contributed by atoms with van der Waals surface area (Å²) < 4.78 is 38.0. The van der Waals surface area contributed by atoms with Crippen molar-refractivity contribution in [3.8, 4) is 46.0 Å². The van der Waals surface area contributed by atoms with E-state index in [1.165, 1.54) is 16.7 Å². The van der Waals surface area contributed by atoms with Crippen LogP contribution in [0, 0.1) is 34.6 Å². The van der Waals surface area contributed by atoms with E-state index in [0.29, 0.717) is 82.7 Å². The summed E-state index contributed by atoms with van der Waals surface area (Å²) in [5.74, 6) is 4.38. The van der Waals surface area contributed by atoms with Gasteiger partial charge in [0.1, 0.15) is 79.0 Å². The van der Waals surface area contributed by atoms with Gasteiger partial charge in [-0.25, -0.2) is 0 Å². The minimum Gasteiger partial charge on any atom is -0.507 e. The van der Waals surface area contributed by atoms with Gasteiger partial charge in [-0.3, -0.25) is 0 Å². The topological polar surface area (TPSA) is 107 Å². The number of rotatable bonds is 15. The molecule has 0 radical (unpaired) electrons. The molecule has 712 valence electrons. The van der Waals surface area contributed by atoms with E-state index in [1.807, 2.05) is 0 Å². The van der Waals surface area contributed by atoms with Gasteiger partial charge in [0.2, 0.25) is 0 Å². The molecule has 0 saturated carbocycles. The van der Waals surface area contributed by atoms with Gasteiger partial charge in [0.25, 0.3) is 0 Å². The van der Waals surface area contributed by atoms with Gasteiger partial charge in [0.05, 0.1) is 0 Å². The van der Waals surface area contributed by atoms with Crippen LogP contribution >= 0.6 is 0 Å². The Morgan fingerprint density at radius 3 is 0.382 bits per heavy atom. The lowest BCUT2D eigenvalue weighted by molar-refractivity contribution is 0.295. The van der Waals surface area contributed by atoms with Crippen molar-refractivity contribution in [3.63, 3.8) is 0 Å². The molecule has 1 aliphatic carbocycles. The fraction of sp³-hybridized carbons (Fsp3) is 0.391. The molecule has 136 heavy (non-hydrogen) atoms. The molecule has 0 heterocycles. The molecule has 0 unspecified atom stereocenters. The Kier molecular flexibility index (Phi) is 29.0. The molecule has 13 aromatic rings. The average Bonchev–Trinajstić information content (AvgIpc) is 0.766. The van der Waals surface area contributed by atoms with Crippen LogP contribution in [-0.4, -0.2) is 15.3 Å². The highest BCUT2D eigenvalue weighted by atomic mass is 16.5. The molecule has 0 fully saturated rings. The minimum atomic E-state index is -0.366. The van der Waals surface area contributed by atoms with E-state index in [9.17, 15) is 15.3 Å². The Morgan fingerprint density at radius 2 is 0.272 bits per heavy atom. The number of phenols is 3. The highest BCUT2D eigenvalue weighted by Gasteiger charge is 2.34.